The summed E-state index contributed by atoms with van der Waals surface area (Å²) in [6.45, 7) is 9.40. The van der Waals surface area contributed by atoms with E-state index in [2.05, 4.69) is 12.2 Å². The summed E-state index contributed by atoms with van der Waals surface area (Å²) in [7, 11) is 0. The molecule has 2 fully saturated rings. The van der Waals surface area contributed by atoms with Crippen molar-refractivity contribution in [2.75, 3.05) is 13.2 Å². The van der Waals surface area contributed by atoms with Gasteiger partial charge >= 0.3 is 5.97 Å². The van der Waals surface area contributed by atoms with Gasteiger partial charge in [0.2, 0.25) is 0 Å². The van der Waals surface area contributed by atoms with Crippen LogP contribution < -0.4 is 5.32 Å². The van der Waals surface area contributed by atoms with Gasteiger partial charge in [0.25, 0.3) is 0 Å². The van der Waals surface area contributed by atoms with Gasteiger partial charge in [-0.2, -0.15) is 0 Å². The summed E-state index contributed by atoms with van der Waals surface area (Å²) in [5.74, 6) is -0.982. The summed E-state index contributed by atoms with van der Waals surface area (Å²) in [5.41, 5.74) is 1.07. The Morgan fingerprint density at radius 1 is 1.06 bits per heavy atom. The van der Waals surface area contributed by atoms with Gasteiger partial charge in [0, 0.05) is 6.04 Å². The van der Waals surface area contributed by atoms with Crippen LogP contribution in [0.2, 0.25) is 0 Å². The molecule has 2 heterocycles. The predicted octanol–water partition coefficient (Wildman–Crippen LogP) is 4.72. The fourth-order valence-electron chi connectivity index (χ4n) is 4.68. The molecule has 0 aromatic heterocycles. The van der Waals surface area contributed by atoms with E-state index in [-0.39, 0.29) is 36.7 Å². The fraction of sp³-hybridized carbons (Fsp3) is 0.741. The normalized spacial score (nSPS) is 26.4. The van der Waals surface area contributed by atoms with E-state index in [0.717, 1.165) is 18.5 Å². The molecule has 0 radical (unpaired) electrons. The second kappa shape index (κ2) is 13.5. The smallest absolute Gasteiger partial charge is 0.307 e. The van der Waals surface area contributed by atoms with Crippen molar-refractivity contribution in [2.45, 2.75) is 116 Å². The first-order valence-electron chi connectivity index (χ1n) is 13.0. The average Bonchev–Trinajstić information content (AvgIpc) is 3.28. The van der Waals surface area contributed by atoms with Gasteiger partial charge < -0.3 is 29.0 Å². The summed E-state index contributed by atoms with van der Waals surface area (Å²) in [5, 5.41) is 3.56. The minimum atomic E-state index is -0.739. The first-order chi connectivity index (χ1) is 16.4. The zero-order valence-electron chi connectivity index (χ0n) is 21.3. The molecule has 2 aliphatic heterocycles. The third kappa shape index (κ3) is 8.02. The van der Waals surface area contributed by atoms with Crippen molar-refractivity contribution in [3.8, 4) is 0 Å². The van der Waals surface area contributed by atoms with E-state index in [4.69, 9.17) is 23.7 Å². The standard InChI is InChI=1S/C27H43NO6/c1-5-7-8-9-10-14-17-28-21(18-22(29)30-6-2)23-24(31-19-20-15-12-11-13-16-20)25-26(32-23)34-27(3,4)33-25/h11-13,15-16,21,23-26,28H,5-10,14,17-19H2,1-4H3/t21-,23-,24+,25-,26-/m1/s1. The van der Waals surface area contributed by atoms with Gasteiger partial charge in [0.1, 0.15) is 18.3 Å². The maximum Gasteiger partial charge on any atom is 0.307 e. The number of fused-ring (bicyclic) bond motifs is 1. The molecule has 2 aliphatic rings. The predicted molar refractivity (Wildman–Crippen MR) is 130 cm³/mol. The lowest BCUT2D eigenvalue weighted by atomic mass is 10.00. The van der Waals surface area contributed by atoms with Gasteiger partial charge in [-0.1, -0.05) is 69.4 Å². The molecule has 1 aromatic rings. The van der Waals surface area contributed by atoms with Crippen LogP contribution in [0.5, 0.6) is 0 Å². The fourth-order valence-corrected chi connectivity index (χ4v) is 4.68. The van der Waals surface area contributed by atoms with Crippen molar-refractivity contribution in [1.29, 1.82) is 0 Å². The molecule has 0 saturated carbocycles. The number of rotatable bonds is 15. The Morgan fingerprint density at radius 2 is 1.79 bits per heavy atom. The lowest BCUT2D eigenvalue weighted by molar-refractivity contribution is -0.223. The minimum Gasteiger partial charge on any atom is -0.466 e. The number of carbonyl (C=O) groups excluding carboxylic acids is 1. The minimum absolute atomic E-state index is 0.211. The maximum absolute atomic E-state index is 12.4. The Hall–Kier alpha value is -1.51. The van der Waals surface area contributed by atoms with Crippen LogP contribution in [0.15, 0.2) is 30.3 Å². The van der Waals surface area contributed by atoms with Crippen LogP contribution in [0.4, 0.5) is 0 Å². The lowest BCUT2D eigenvalue weighted by Crippen LogP contribution is -2.50. The molecule has 7 nitrogen and oxygen atoms in total. The van der Waals surface area contributed by atoms with Crippen LogP contribution in [-0.4, -0.2) is 55.6 Å². The molecule has 34 heavy (non-hydrogen) atoms. The number of ether oxygens (including phenoxy) is 5. The highest BCUT2D eigenvalue weighted by atomic mass is 16.8. The molecule has 0 spiro atoms. The van der Waals surface area contributed by atoms with Crippen LogP contribution in [0, 0.1) is 0 Å². The molecule has 5 atom stereocenters. The van der Waals surface area contributed by atoms with E-state index in [9.17, 15) is 4.79 Å². The average molecular weight is 478 g/mol. The van der Waals surface area contributed by atoms with Crippen molar-refractivity contribution in [3.05, 3.63) is 35.9 Å². The van der Waals surface area contributed by atoms with E-state index in [1.165, 1.54) is 32.1 Å². The highest BCUT2D eigenvalue weighted by Crippen LogP contribution is 2.40. The van der Waals surface area contributed by atoms with Gasteiger partial charge in [-0.3, -0.25) is 4.79 Å². The van der Waals surface area contributed by atoms with E-state index in [1.54, 1.807) is 0 Å². The van der Waals surface area contributed by atoms with Gasteiger partial charge in [-0.15, -0.1) is 0 Å². The molecule has 0 amide bonds. The van der Waals surface area contributed by atoms with Crippen molar-refractivity contribution < 1.29 is 28.5 Å². The van der Waals surface area contributed by atoms with Gasteiger partial charge in [-0.05, 0) is 39.3 Å². The molecule has 3 rings (SSSR count). The van der Waals surface area contributed by atoms with Crippen LogP contribution in [0.1, 0.15) is 78.2 Å². The Balaban J connectivity index is 1.66. The van der Waals surface area contributed by atoms with Crippen LogP contribution >= 0.6 is 0 Å². The second-order valence-corrected chi connectivity index (χ2v) is 9.67. The molecule has 0 aliphatic carbocycles. The van der Waals surface area contributed by atoms with Crippen LogP contribution in [0.25, 0.3) is 0 Å². The monoisotopic (exact) mass is 477 g/mol. The van der Waals surface area contributed by atoms with E-state index >= 15 is 0 Å². The summed E-state index contributed by atoms with van der Waals surface area (Å²) >= 11 is 0. The SMILES string of the molecule is CCCCCCCCN[C@H](CC(=O)OCC)[C@H]1O[C@@H]2OC(C)(C)O[C@@H]2[C@H]1OCc1ccccc1. The highest BCUT2D eigenvalue weighted by molar-refractivity contribution is 5.70. The van der Waals surface area contributed by atoms with Crippen LogP contribution in [-0.2, 0) is 35.1 Å². The first-order valence-corrected chi connectivity index (χ1v) is 13.0. The highest BCUT2D eigenvalue weighted by Gasteiger charge is 2.57. The molecule has 192 valence electrons. The first kappa shape index (κ1) is 27.1. The summed E-state index contributed by atoms with van der Waals surface area (Å²) in [6, 6.07) is 9.79. The number of esters is 1. The Morgan fingerprint density at radius 3 is 2.53 bits per heavy atom. The zero-order chi connectivity index (χ0) is 24.4. The molecule has 0 unspecified atom stereocenters. The second-order valence-electron chi connectivity index (χ2n) is 9.67. The molecule has 0 bridgehead atoms. The van der Waals surface area contributed by atoms with Crippen molar-refractivity contribution in [1.82, 2.24) is 5.32 Å². The maximum atomic E-state index is 12.4. The summed E-state index contributed by atoms with van der Waals surface area (Å²) in [6.07, 6.45) is 5.83. The Bertz CT molecular complexity index is 727. The molecule has 2 saturated heterocycles. The van der Waals surface area contributed by atoms with Crippen molar-refractivity contribution in [2.24, 2.45) is 0 Å². The summed E-state index contributed by atoms with van der Waals surface area (Å²) in [4.78, 5) is 12.4. The molecule has 1 N–H and O–H groups in total. The summed E-state index contributed by atoms with van der Waals surface area (Å²) < 4.78 is 30.1. The molecular formula is C27H43NO6. The number of benzene rings is 1. The number of hydrogen-bond donors (Lipinski definition) is 1. The van der Waals surface area contributed by atoms with Crippen molar-refractivity contribution in [3.63, 3.8) is 0 Å². The van der Waals surface area contributed by atoms with E-state index in [0.29, 0.717) is 13.2 Å². The molecular weight excluding hydrogens is 434 g/mol. The number of nitrogens with one attached hydrogen (secondary N) is 1. The number of carbonyl (C=O) groups is 1. The zero-order valence-corrected chi connectivity index (χ0v) is 21.3. The number of unbranched alkanes of at least 4 members (excludes halogenated alkanes) is 5. The van der Waals surface area contributed by atoms with Crippen LogP contribution in [0.3, 0.4) is 0 Å². The molecule has 1 aromatic carbocycles. The Labute approximate surface area is 204 Å². The van der Waals surface area contributed by atoms with Gasteiger partial charge in [-0.25, -0.2) is 0 Å². The van der Waals surface area contributed by atoms with E-state index < -0.39 is 12.1 Å². The largest absolute Gasteiger partial charge is 0.466 e. The Kier molecular flexibility index (Phi) is 10.8. The van der Waals surface area contributed by atoms with Crippen molar-refractivity contribution >= 4 is 5.97 Å². The van der Waals surface area contributed by atoms with Gasteiger partial charge in [0.05, 0.1) is 19.6 Å². The topological polar surface area (TPSA) is 75.3 Å². The van der Waals surface area contributed by atoms with Gasteiger partial charge in [0.15, 0.2) is 12.1 Å². The third-order valence-electron chi connectivity index (χ3n) is 6.34. The third-order valence-corrected chi connectivity index (χ3v) is 6.34. The number of hydrogen-bond acceptors (Lipinski definition) is 7. The van der Waals surface area contributed by atoms with E-state index in [1.807, 2.05) is 51.1 Å². The lowest BCUT2D eigenvalue weighted by Gasteiger charge is -2.31. The molecule has 7 heteroatoms. The quantitative estimate of drug-likeness (QED) is 0.289.